The Kier molecular flexibility index (Phi) is 7.39. The summed E-state index contributed by atoms with van der Waals surface area (Å²) in [5, 5.41) is 6.90. The van der Waals surface area contributed by atoms with Crippen molar-refractivity contribution in [3.63, 3.8) is 0 Å². The molecule has 0 bridgehead atoms. The maximum absolute atomic E-state index is 12.2. The van der Waals surface area contributed by atoms with Crippen LogP contribution in [0.25, 0.3) is 0 Å². The second kappa shape index (κ2) is 9.26. The van der Waals surface area contributed by atoms with E-state index in [1.807, 2.05) is 5.32 Å². The highest BCUT2D eigenvalue weighted by atomic mass is 16.5. The smallest absolute Gasteiger partial charge is 0.329 e. The van der Waals surface area contributed by atoms with Crippen LogP contribution in [-0.4, -0.2) is 36.1 Å². The van der Waals surface area contributed by atoms with Gasteiger partial charge in [0, 0.05) is 5.69 Å². The van der Waals surface area contributed by atoms with E-state index in [9.17, 15) is 19.2 Å². The van der Waals surface area contributed by atoms with E-state index in [1.54, 1.807) is 44.2 Å². The minimum atomic E-state index is -1.24. The van der Waals surface area contributed by atoms with Crippen LogP contribution in [0.3, 0.4) is 0 Å². The van der Waals surface area contributed by atoms with Gasteiger partial charge in [-0.05, 0) is 25.0 Å². The molecule has 1 rings (SSSR count). The maximum Gasteiger partial charge on any atom is 0.329 e. The number of hydrogen-bond donors (Lipinski definition) is 4. The number of esters is 1. The summed E-state index contributed by atoms with van der Waals surface area (Å²) in [5.74, 6) is -1.94. The lowest BCUT2D eigenvalue weighted by molar-refractivity contribution is -0.157. The van der Waals surface area contributed by atoms with Crippen molar-refractivity contribution in [1.29, 1.82) is 0 Å². The van der Waals surface area contributed by atoms with Gasteiger partial charge in [0.1, 0.15) is 6.04 Å². The van der Waals surface area contributed by atoms with Crippen LogP contribution in [0.2, 0.25) is 0 Å². The van der Waals surface area contributed by atoms with E-state index in [2.05, 4.69) is 10.6 Å². The summed E-state index contributed by atoms with van der Waals surface area (Å²) in [6.07, 6.45) is -1.24. The minimum Gasteiger partial charge on any atom is -0.451 e. The molecule has 0 aliphatic rings. The molecular weight excluding hydrogens is 328 g/mol. The largest absolute Gasteiger partial charge is 0.451 e. The molecule has 136 valence electrons. The molecule has 0 aliphatic heterocycles. The van der Waals surface area contributed by atoms with Gasteiger partial charge in [-0.3, -0.25) is 10.1 Å². The molecular formula is C16H22N4O5. The minimum absolute atomic E-state index is 0.291. The molecule has 2 atom stereocenters. The monoisotopic (exact) mass is 350 g/mol. The zero-order chi connectivity index (χ0) is 19.0. The molecule has 0 fully saturated rings. The standard InChI is InChI=1S/C16H22N4O5/c1-9(2)12(14(22)25-10(3)13(21)20-15(17)23)19-16(24)18-11-7-5-4-6-8-11/h4-10,12H,1-3H3,(H2,18,19,24)(H3,17,20,21,23)/t10-,12+/m0/s1. The van der Waals surface area contributed by atoms with Crippen LogP contribution >= 0.6 is 0 Å². The predicted octanol–water partition coefficient (Wildman–Crippen LogP) is 0.959. The van der Waals surface area contributed by atoms with E-state index in [-0.39, 0.29) is 5.92 Å². The molecule has 0 radical (unpaired) electrons. The third kappa shape index (κ3) is 6.90. The first kappa shape index (κ1) is 19.9. The normalized spacial score (nSPS) is 12.6. The first-order valence-corrected chi connectivity index (χ1v) is 7.64. The van der Waals surface area contributed by atoms with Crippen molar-refractivity contribution < 1.29 is 23.9 Å². The SMILES string of the molecule is CC(C)[C@@H](NC(=O)Nc1ccccc1)C(=O)O[C@@H](C)C(=O)NC(N)=O. The van der Waals surface area contributed by atoms with Gasteiger partial charge in [0.05, 0.1) is 0 Å². The topological polar surface area (TPSA) is 140 Å². The number of anilines is 1. The van der Waals surface area contributed by atoms with Crippen molar-refractivity contribution >= 4 is 29.6 Å². The Morgan fingerprint density at radius 1 is 1.04 bits per heavy atom. The van der Waals surface area contributed by atoms with Crippen molar-refractivity contribution in [2.24, 2.45) is 11.7 Å². The number of primary amides is 1. The van der Waals surface area contributed by atoms with Crippen LogP contribution in [-0.2, 0) is 14.3 Å². The number of ether oxygens (including phenoxy) is 1. The molecule has 1 aromatic rings. The first-order valence-electron chi connectivity index (χ1n) is 7.64. The van der Waals surface area contributed by atoms with Crippen LogP contribution in [0.1, 0.15) is 20.8 Å². The average molecular weight is 350 g/mol. The lowest BCUT2D eigenvalue weighted by Crippen LogP contribution is -2.49. The number of rotatable bonds is 6. The van der Waals surface area contributed by atoms with Crippen LogP contribution < -0.4 is 21.7 Å². The molecule has 0 spiro atoms. The van der Waals surface area contributed by atoms with E-state index >= 15 is 0 Å². The highest BCUT2D eigenvalue weighted by molar-refractivity contribution is 5.97. The van der Waals surface area contributed by atoms with Crippen LogP contribution in [0.4, 0.5) is 15.3 Å². The molecule has 9 heteroatoms. The number of imide groups is 1. The van der Waals surface area contributed by atoms with Crippen molar-refractivity contribution in [3.8, 4) is 0 Å². The van der Waals surface area contributed by atoms with E-state index in [0.717, 1.165) is 0 Å². The average Bonchev–Trinajstić information content (AvgIpc) is 2.52. The number of carbonyl (C=O) groups excluding carboxylic acids is 4. The number of nitrogens with two attached hydrogens (primary N) is 1. The third-order valence-corrected chi connectivity index (χ3v) is 3.15. The Bertz CT molecular complexity index is 633. The zero-order valence-corrected chi connectivity index (χ0v) is 14.2. The van der Waals surface area contributed by atoms with Gasteiger partial charge in [-0.15, -0.1) is 0 Å². The molecule has 9 nitrogen and oxygen atoms in total. The summed E-state index contributed by atoms with van der Waals surface area (Å²) in [6, 6.07) is 6.08. The summed E-state index contributed by atoms with van der Waals surface area (Å²) >= 11 is 0. The van der Waals surface area contributed by atoms with E-state index in [4.69, 9.17) is 10.5 Å². The zero-order valence-electron chi connectivity index (χ0n) is 14.2. The van der Waals surface area contributed by atoms with Gasteiger partial charge in [0.2, 0.25) is 0 Å². The first-order chi connectivity index (χ1) is 11.7. The molecule has 0 aromatic heterocycles. The highest BCUT2D eigenvalue weighted by Crippen LogP contribution is 2.08. The molecule has 0 unspecified atom stereocenters. The Hall–Kier alpha value is -3.10. The maximum atomic E-state index is 12.2. The van der Waals surface area contributed by atoms with Gasteiger partial charge >= 0.3 is 18.0 Å². The number of para-hydroxylation sites is 1. The number of carbonyl (C=O) groups is 4. The third-order valence-electron chi connectivity index (χ3n) is 3.15. The van der Waals surface area contributed by atoms with Crippen LogP contribution in [0.5, 0.6) is 0 Å². The Labute approximate surface area is 145 Å². The molecule has 0 heterocycles. The van der Waals surface area contributed by atoms with Crippen LogP contribution in [0, 0.1) is 5.92 Å². The molecule has 0 saturated heterocycles. The fourth-order valence-corrected chi connectivity index (χ4v) is 1.85. The van der Waals surface area contributed by atoms with Crippen LogP contribution in [0.15, 0.2) is 30.3 Å². The number of amides is 5. The summed E-state index contributed by atoms with van der Waals surface area (Å²) in [4.78, 5) is 46.4. The van der Waals surface area contributed by atoms with Crippen molar-refractivity contribution in [2.45, 2.75) is 32.9 Å². The number of nitrogens with one attached hydrogen (secondary N) is 3. The highest BCUT2D eigenvalue weighted by Gasteiger charge is 2.29. The fraction of sp³-hybridized carbons (Fsp3) is 0.375. The number of urea groups is 2. The number of benzene rings is 1. The fourth-order valence-electron chi connectivity index (χ4n) is 1.85. The van der Waals surface area contributed by atoms with Gasteiger partial charge in [0.25, 0.3) is 5.91 Å². The van der Waals surface area contributed by atoms with Gasteiger partial charge in [-0.1, -0.05) is 32.0 Å². The second-order valence-electron chi connectivity index (χ2n) is 5.62. The van der Waals surface area contributed by atoms with Gasteiger partial charge in [-0.2, -0.15) is 0 Å². The lowest BCUT2D eigenvalue weighted by Gasteiger charge is -2.22. The summed E-state index contributed by atoms with van der Waals surface area (Å²) in [7, 11) is 0. The quantitative estimate of drug-likeness (QED) is 0.566. The van der Waals surface area contributed by atoms with Gasteiger partial charge in [-0.25, -0.2) is 14.4 Å². The Balaban J connectivity index is 2.65. The molecule has 25 heavy (non-hydrogen) atoms. The summed E-state index contributed by atoms with van der Waals surface area (Å²) in [6.45, 7) is 4.71. The lowest BCUT2D eigenvalue weighted by atomic mass is 10.0. The van der Waals surface area contributed by atoms with E-state index in [0.29, 0.717) is 5.69 Å². The van der Waals surface area contributed by atoms with Gasteiger partial charge in [0.15, 0.2) is 6.10 Å². The number of hydrogen-bond acceptors (Lipinski definition) is 5. The Morgan fingerprint density at radius 3 is 2.16 bits per heavy atom. The molecule has 5 N–H and O–H groups in total. The summed E-state index contributed by atoms with van der Waals surface area (Å²) in [5.41, 5.74) is 5.39. The van der Waals surface area contributed by atoms with Crippen molar-refractivity contribution in [1.82, 2.24) is 10.6 Å². The van der Waals surface area contributed by atoms with Crippen molar-refractivity contribution in [3.05, 3.63) is 30.3 Å². The van der Waals surface area contributed by atoms with E-state index in [1.165, 1.54) is 6.92 Å². The summed E-state index contributed by atoms with van der Waals surface area (Å²) < 4.78 is 4.99. The molecule has 1 aromatic carbocycles. The molecule has 0 aliphatic carbocycles. The predicted molar refractivity (Wildman–Crippen MR) is 90.5 cm³/mol. The Morgan fingerprint density at radius 2 is 1.64 bits per heavy atom. The second-order valence-corrected chi connectivity index (χ2v) is 5.62. The molecule has 0 saturated carbocycles. The van der Waals surface area contributed by atoms with Gasteiger partial charge < -0.3 is 21.1 Å². The van der Waals surface area contributed by atoms with E-state index < -0.39 is 36.1 Å². The van der Waals surface area contributed by atoms with Crippen molar-refractivity contribution in [2.75, 3.05) is 5.32 Å². The molecule has 5 amide bonds.